The minimum atomic E-state index is 0.0936. The Morgan fingerprint density at radius 2 is 2.00 bits per heavy atom. The third-order valence-corrected chi connectivity index (χ3v) is 8.11. The number of fused-ring (bicyclic) bond motifs is 1. The van der Waals surface area contributed by atoms with Crippen molar-refractivity contribution in [1.82, 2.24) is 29.6 Å². The van der Waals surface area contributed by atoms with Gasteiger partial charge in [0.2, 0.25) is 5.95 Å². The van der Waals surface area contributed by atoms with E-state index in [1.807, 2.05) is 30.6 Å². The predicted molar refractivity (Wildman–Crippen MR) is 147 cm³/mol. The Morgan fingerprint density at radius 3 is 2.69 bits per heavy atom. The fourth-order valence-corrected chi connectivity index (χ4v) is 5.83. The van der Waals surface area contributed by atoms with Crippen LogP contribution in [-0.2, 0) is 25.4 Å². The summed E-state index contributed by atoms with van der Waals surface area (Å²) in [6.45, 7) is 12.2. The summed E-state index contributed by atoms with van der Waals surface area (Å²) in [6.07, 6.45) is 9.77. The number of benzene rings is 1. The molecule has 1 unspecified atom stereocenters. The zero-order valence-electron chi connectivity index (χ0n) is 22.0. The third kappa shape index (κ3) is 5.20. The fraction of sp³-hybridized carbons (Fsp3) is 0.429. The lowest BCUT2D eigenvalue weighted by Crippen LogP contribution is -2.33. The molecule has 0 spiro atoms. The van der Waals surface area contributed by atoms with Gasteiger partial charge in [-0.3, -0.25) is 9.58 Å². The molecule has 1 atom stereocenters. The first kappa shape index (κ1) is 24.6. The smallest absolute Gasteiger partial charge is 0.227 e. The third-order valence-electron chi connectivity index (χ3n) is 6.70. The Hall–Kier alpha value is -3.10. The Kier molecular flexibility index (Phi) is 6.66. The van der Waals surface area contributed by atoms with Crippen molar-refractivity contribution in [2.24, 2.45) is 7.05 Å². The molecular weight excluding hydrogens is 466 g/mol. The summed E-state index contributed by atoms with van der Waals surface area (Å²) in [5, 5.41) is 8.64. The molecule has 0 saturated heterocycles. The van der Waals surface area contributed by atoms with Crippen LogP contribution in [0.15, 0.2) is 49.1 Å². The monoisotopic (exact) mass is 501 g/mol. The highest BCUT2D eigenvalue weighted by Crippen LogP contribution is 2.40. The Bertz CT molecular complexity index is 1350. The maximum atomic E-state index is 4.76. The van der Waals surface area contributed by atoms with E-state index in [4.69, 9.17) is 9.97 Å². The second kappa shape index (κ2) is 9.75. The van der Waals surface area contributed by atoms with Gasteiger partial charge in [-0.25, -0.2) is 15.0 Å². The van der Waals surface area contributed by atoms with Gasteiger partial charge >= 0.3 is 0 Å². The standard InChI is InChI=1S/C28H35N7S/c1-18(2)35(17-22-15-30-26(36-22)28(3,4)5)25-10-8-19-13-20(7-9-23(19)25)24-11-12-29-27(33-24)32-21-14-31-34(6)16-21/h7,9,11-16,18,25H,8,10,17H2,1-6H3,(H,29,32,33). The van der Waals surface area contributed by atoms with Crippen molar-refractivity contribution >= 4 is 23.0 Å². The topological polar surface area (TPSA) is 71.8 Å². The van der Waals surface area contributed by atoms with Crippen LogP contribution in [0.4, 0.5) is 11.6 Å². The summed E-state index contributed by atoms with van der Waals surface area (Å²) in [5.74, 6) is 0.573. The van der Waals surface area contributed by atoms with E-state index in [-0.39, 0.29) is 5.41 Å². The number of hydrogen-bond donors (Lipinski definition) is 1. The molecule has 0 bridgehead atoms. The normalized spacial score (nSPS) is 15.6. The van der Waals surface area contributed by atoms with E-state index < -0.39 is 0 Å². The highest BCUT2D eigenvalue weighted by molar-refractivity contribution is 7.11. The molecule has 3 heterocycles. The van der Waals surface area contributed by atoms with Crippen molar-refractivity contribution in [3.8, 4) is 11.3 Å². The van der Waals surface area contributed by atoms with E-state index in [0.717, 1.165) is 36.3 Å². The predicted octanol–water partition coefficient (Wildman–Crippen LogP) is 6.27. The fourth-order valence-electron chi connectivity index (χ4n) is 4.85. The second-order valence-electron chi connectivity index (χ2n) is 10.9. The van der Waals surface area contributed by atoms with Gasteiger partial charge in [0.15, 0.2) is 0 Å². The van der Waals surface area contributed by atoms with Gasteiger partial charge in [-0.15, -0.1) is 11.3 Å². The molecule has 188 valence electrons. The number of hydrogen-bond acceptors (Lipinski definition) is 7. The summed E-state index contributed by atoms with van der Waals surface area (Å²) in [5.41, 5.74) is 5.87. The SMILES string of the molecule is CC(C)N(Cc1cnc(C(C)(C)C)s1)C1CCc2cc(-c3ccnc(Nc4cnn(C)c4)n3)ccc21. The minimum absolute atomic E-state index is 0.0936. The van der Waals surface area contributed by atoms with Crippen LogP contribution in [0, 0.1) is 0 Å². The van der Waals surface area contributed by atoms with Crippen LogP contribution in [0.1, 0.15) is 68.1 Å². The molecule has 0 radical (unpaired) electrons. The zero-order valence-corrected chi connectivity index (χ0v) is 22.8. The number of rotatable bonds is 7. The second-order valence-corrected chi connectivity index (χ2v) is 12.0. The van der Waals surface area contributed by atoms with Crippen LogP contribution < -0.4 is 5.32 Å². The van der Waals surface area contributed by atoms with Crippen LogP contribution >= 0.6 is 11.3 Å². The van der Waals surface area contributed by atoms with E-state index in [1.165, 1.54) is 21.0 Å². The van der Waals surface area contributed by atoms with Gasteiger partial charge in [-0.1, -0.05) is 32.9 Å². The number of aryl methyl sites for hydroxylation is 2. The van der Waals surface area contributed by atoms with Crippen LogP contribution in [0.3, 0.4) is 0 Å². The lowest BCUT2D eigenvalue weighted by atomic mass is 9.98. The molecule has 4 aromatic rings. The van der Waals surface area contributed by atoms with Crippen molar-refractivity contribution in [2.75, 3.05) is 5.32 Å². The van der Waals surface area contributed by atoms with Gasteiger partial charge in [-0.2, -0.15) is 5.10 Å². The molecule has 1 aliphatic rings. The van der Waals surface area contributed by atoms with E-state index in [0.29, 0.717) is 18.0 Å². The van der Waals surface area contributed by atoms with E-state index in [1.54, 1.807) is 17.1 Å². The molecule has 0 saturated carbocycles. The lowest BCUT2D eigenvalue weighted by molar-refractivity contribution is 0.145. The quantitative estimate of drug-likeness (QED) is 0.322. The average Bonchev–Trinajstić information content (AvgIpc) is 3.57. The minimum Gasteiger partial charge on any atom is -0.321 e. The molecule has 36 heavy (non-hydrogen) atoms. The van der Waals surface area contributed by atoms with Crippen molar-refractivity contribution in [3.05, 3.63) is 70.1 Å². The number of thiazole rings is 1. The Morgan fingerprint density at radius 1 is 1.17 bits per heavy atom. The number of anilines is 2. The van der Waals surface area contributed by atoms with Crippen molar-refractivity contribution in [1.29, 1.82) is 0 Å². The molecule has 5 rings (SSSR count). The van der Waals surface area contributed by atoms with Gasteiger partial charge in [0, 0.05) is 60.1 Å². The molecule has 0 aliphatic heterocycles. The molecule has 3 aromatic heterocycles. The Labute approximate surface area is 217 Å². The number of nitrogens with one attached hydrogen (secondary N) is 1. The van der Waals surface area contributed by atoms with Crippen LogP contribution in [0.5, 0.6) is 0 Å². The first-order valence-electron chi connectivity index (χ1n) is 12.6. The summed E-state index contributed by atoms with van der Waals surface area (Å²) in [6, 6.07) is 9.66. The van der Waals surface area contributed by atoms with Crippen molar-refractivity contribution in [3.63, 3.8) is 0 Å². The van der Waals surface area contributed by atoms with Crippen LogP contribution in [0.25, 0.3) is 11.3 Å². The van der Waals surface area contributed by atoms with Crippen LogP contribution in [-0.4, -0.2) is 35.7 Å². The molecule has 1 N–H and O–H groups in total. The van der Waals surface area contributed by atoms with E-state index in [2.05, 4.69) is 79.3 Å². The van der Waals surface area contributed by atoms with Gasteiger partial charge in [0.1, 0.15) is 0 Å². The molecule has 1 aliphatic carbocycles. The first-order chi connectivity index (χ1) is 17.2. The van der Waals surface area contributed by atoms with E-state index >= 15 is 0 Å². The Balaban J connectivity index is 1.36. The van der Waals surface area contributed by atoms with Gasteiger partial charge in [0.05, 0.1) is 22.6 Å². The molecule has 8 heteroatoms. The van der Waals surface area contributed by atoms with Gasteiger partial charge in [-0.05, 0) is 49.9 Å². The number of nitrogens with zero attached hydrogens (tertiary/aromatic N) is 6. The summed E-state index contributed by atoms with van der Waals surface area (Å²) in [7, 11) is 1.89. The van der Waals surface area contributed by atoms with E-state index in [9.17, 15) is 0 Å². The average molecular weight is 502 g/mol. The maximum Gasteiger partial charge on any atom is 0.227 e. The zero-order chi connectivity index (χ0) is 25.4. The molecule has 0 amide bonds. The molecular formula is C28H35N7S. The highest BCUT2D eigenvalue weighted by atomic mass is 32.1. The summed E-state index contributed by atoms with van der Waals surface area (Å²) < 4.78 is 1.75. The molecule has 0 fully saturated rings. The first-order valence-corrected chi connectivity index (χ1v) is 13.4. The summed E-state index contributed by atoms with van der Waals surface area (Å²) in [4.78, 5) is 17.8. The van der Waals surface area contributed by atoms with Crippen molar-refractivity contribution in [2.45, 2.75) is 71.5 Å². The van der Waals surface area contributed by atoms with Gasteiger partial charge in [0.25, 0.3) is 0 Å². The van der Waals surface area contributed by atoms with Crippen LogP contribution in [0.2, 0.25) is 0 Å². The molecule has 1 aromatic carbocycles. The molecule has 7 nitrogen and oxygen atoms in total. The largest absolute Gasteiger partial charge is 0.321 e. The highest BCUT2D eigenvalue weighted by Gasteiger charge is 2.30. The van der Waals surface area contributed by atoms with Gasteiger partial charge < -0.3 is 5.32 Å². The van der Waals surface area contributed by atoms with Crippen molar-refractivity contribution < 1.29 is 0 Å². The lowest BCUT2D eigenvalue weighted by Gasteiger charge is -2.33. The maximum absolute atomic E-state index is 4.76. The number of aromatic nitrogens is 5. The summed E-state index contributed by atoms with van der Waals surface area (Å²) >= 11 is 1.85.